The lowest BCUT2D eigenvalue weighted by Gasteiger charge is -2.18. The summed E-state index contributed by atoms with van der Waals surface area (Å²) in [5.41, 5.74) is 2.70. The number of para-hydroxylation sites is 3. The Labute approximate surface area is 148 Å². The van der Waals surface area contributed by atoms with E-state index >= 15 is 0 Å². The number of benzene rings is 2. The van der Waals surface area contributed by atoms with E-state index in [1.165, 1.54) is 0 Å². The first-order valence-corrected chi connectivity index (χ1v) is 8.72. The molecule has 0 aliphatic rings. The van der Waals surface area contributed by atoms with E-state index in [-0.39, 0.29) is 5.75 Å². The largest absolute Gasteiger partial charge is 0.507 e. The van der Waals surface area contributed by atoms with Gasteiger partial charge in [-0.05, 0) is 37.4 Å². The van der Waals surface area contributed by atoms with Gasteiger partial charge < -0.3 is 14.6 Å². The van der Waals surface area contributed by atoms with Crippen LogP contribution in [0.15, 0.2) is 53.5 Å². The van der Waals surface area contributed by atoms with Gasteiger partial charge in [0.25, 0.3) is 0 Å². The van der Waals surface area contributed by atoms with Crippen LogP contribution in [-0.4, -0.2) is 45.4 Å². The summed E-state index contributed by atoms with van der Waals surface area (Å²) in [6.07, 6.45) is 1.67. The number of hydrogen-bond donors (Lipinski definition) is 1. The zero-order chi connectivity index (χ0) is 17.6. The molecule has 3 aromatic rings. The minimum absolute atomic E-state index is 0.219. The fourth-order valence-electron chi connectivity index (χ4n) is 2.89. The van der Waals surface area contributed by atoms with Crippen molar-refractivity contribution in [3.05, 3.63) is 54.1 Å². The van der Waals surface area contributed by atoms with Crippen LogP contribution in [-0.2, 0) is 6.54 Å². The van der Waals surface area contributed by atoms with Crippen molar-refractivity contribution in [2.45, 2.75) is 20.4 Å². The lowest BCUT2D eigenvalue weighted by molar-refractivity contribution is 0.292. The molecule has 0 amide bonds. The van der Waals surface area contributed by atoms with E-state index in [4.69, 9.17) is 0 Å². The maximum Gasteiger partial charge on any atom is 0.230 e. The highest BCUT2D eigenvalue weighted by Crippen LogP contribution is 2.22. The van der Waals surface area contributed by atoms with Crippen molar-refractivity contribution in [2.75, 3.05) is 19.6 Å². The molecule has 5 nitrogen and oxygen atoms in total. The summed E-state index contributed by atoms with van der Waals surface area (Å²) in [7, 11) is 0. The Kier molecular flexibility index (Phi) is 5.46. The summed E-state index contributed by atoms with van der Waals surface area (Å²) < 4.78 is 2.14. The molecule has 0 saturated heterocycles. The van der Waals surface area contributed by atoms with Gasteiger partial charge in [-0.1, -0.05) is 38.1 Å². The van der Waals surface area contributed by atoms with Gasteiger partial charge in [-0.25, -0.2) is 9.98 Å². The van der Waals surface area contributed by atoms with Crippen molar-refractivity contribution >= 4 is 23.2 Å². The smallest absolute Gasteiger partial charge is 0.230 e. The number of rotatable bonds is 7. The zero-order valence-electron chi connectivity index (χ0n) is 14.8. The Bertz CT molecular complexity index is 865. The van der Waals surface area contributed by atoms with Crippen molar-refractivity contribution in [1.29, 1.82) is 0 Å². The molecule has 0 saturated carbocycles. The molecule has 3 rings (SSSR count). The molecule has 0 spiro atoms. The van der Waals surface area contributed by atoms with E-state index in [9.17, 15) is 5.11 Å². The van der Waals surface area contributed by atoms with Crippen LogP contribution in [0.3, 0.4) is 0 Å². The van der Waals surface area contributed by atoms with Crippen LogP contribution in [0.25, 0.3) is 11.0 Å². The molecule has 0 radical (unpaired) electrons. The van der Waals surface area contributed by atoms with Crippen LogP contribution >= 0.6 is 0 Å². The molecule has 0 fully saturated rings. The maximum atomic E-state index is 9.91. The normalized spacial score (nSPS) is 11.8. The molecular weight excluding hydrogens is 312 g/mol. The average Bonchev–Trinajstić information content (AvgIpc) is 2.99. The maximum absolute atomic E-state index is 9.91. The molecule has 130 valence electrons. The van der Waals surface area contributed by atoms with Crippen molar-refractivity contribution in [2.24, 2.45) is 4.99 Å². The summed E-state index contributed by atoms with van der Waals surface area (Å²) in [6, 6.07) is 15.3. The summed E-state index contributed by atoms with van der Waals surface area (Å²) in [4.78, 5) is 11.6. The van der Waals surface area contributed by atoms with Crippen LogP contribution in [0.2, 0.25) is 0 Å². The number of likely N-dealkylation sites (N-methyl/N-ethyl adjacent to an activating group) is 1. The lowest BCUT2D eigenvalue weighted by atomic mass is 10.2. The first-order valence-electron chi connectivity index (χ1n) is 8.72. The molecule has 2 aromatic carbocycles. The molecule has 5 heteroatoms. The fraction of sp³-hybridized carbons (Fsp3) is 0.300. The van der Waals surface area contributed by atoms with E-state index in [1.807, 2.05) is 30.3 Å². The van der Waals surface area contributed by atoms with Crippen molar-refractivity contribution in [3.63, 3.8) is 0 Å². The minimum atomic E-state index is 0.219. The molecule has 1 N–H and O–H groups in total. The molecule has 0 aliphatic carbocycles. The fourth-order valence-corrected chi connectivity index (χ4v) is 2.89. The summed E-state index contributed by atoms with van der Waals surface area (Å²) >= 11 is 0. The van der Waals surface area contributed by atoms with E-state index in [0.29, 0.717) is 11.5 Å². The molecule has 0 unspecified atom stereocenters. The average molecular weight is 336 g/mol. The van der Waals surface area contributed by atoms with Crippen molar-refractivity contribution < 1.29 is 5.11 Å². The van der Waals surface area contributed by atoms with E-state index in [2.05, 4.69) is 39.4 Å². The Morgan fingerprint density at radius 1 is 1.08 bits per heavy atom. The Balaban J connectivity index is 1.93. The molecule has 0 aliphatic heterocycles. The van der Waals surface area contributed by atoms with Crippen LogP contribution in [0.4, 0.5) is 5.95 Å². The van der Waals surface area contributed by atoms with E-state index in [1.54, 1.807) is 18.3 Å². The van der Waals surface area contributed by atoms with Gasteiger partial charge >= 0.3 is 0 Å². The first kappa shape index (κ1) is 17.2. The standard InChI is InChI=1S/C20H24N4O/c1-3-23(4-2)13-14-24-18-11-7-6-10-17(18)22-20(24)21-15-16-9-5-8-12-19(16)25/h5-12,15,25H,3-4,13-14H2,1-2H3/b21-15+. The highest BCUT2D eigenvalue weighted by Gasteiger charge is 2.10. The second kappa shape index (κ2) is 7.94. The Morgan fingerprint density at radius 3 is 2.56 bits per heavy atom. The topological polar surface area (TPSA) is 53.7 Å². The van der Waals surface area contributed by atoms with Gasteiger partial charge in [0, 0.05) is 24.9 Å². The molecule has 25 heavy (non-hydrogen) atoms. The Morgan fingerprint density at radius 2 is 1.80 bits per heavy atom. The number of aromatic nitrogens is 2. The van der Waals surface area contributed by atoms with Crippen molar-refractivity contribution in [1.82, 2.24) is 14.5 Å². The molecule has 1 heterocycles. The number of nitrogens with zero attached hydrogens (tertiary/aromatic N) is 4. The monoisotopic (exact) mass is 336 g/mol. The van der Waals surface area contributed by atoms with Crippen LogP contribution in [0.5, 0.6) is 5.75 Å². The molecule has 1 aromatic heterocycles. The van der Waals surface area contributed by atoms with Crippen LogP contribution in [0.1, 0.15) is 19.4 Å². The molecule has 0 bridgehead atoms. The summed E-state index contributed by atoms with van der Waals surface area (Å²) in [5, 5.41) is 9.91. The summed E-state index contributed by atoms with van der Waals surface area (Å²) in [5.74, 6) is 0.883. The van der Waals surface area contributed by atoms with Gasteiger partial charge in [-0.2, -0.15) is 0 Å². The number of phenols is 1. The third-order valence-corrected chi connectivity index (χ3v) is 4.42. The Hall–Kier alpha value is -2.66. The number of imidazole rings is 1. The number of phenolic OH excluding ortho intramolecular Hbond substituents is 1. The van der Waals surface area contributed by atoms with Gasteiger partial charge in [-0.15, -0.1) is 0 Å². The van der Waals surface area contributed by atoms with E-state index < -0.39 is 0 Å². The minimum Gasteiger partial charge on any atom is -0.507 e. The quantitative estimate of drug-likeness (QED) is 0.667. The predicted octanol–water partition coefficient (Wildman–Crippen LogP) is 3.83. The number of fused-ring (bicyclic) bond motifs is 1. The van der Waals surface area contributed by atoms with Crippen molar-refractivity contribution in [3.8, 4) is 5.75 Å². The molecule has 0 atom stereocenters. The number of aromatic hydroxyl groups is 1. The third-order valence-electron chi connectivity index (χ3n) is 4.42. The molecular formula is C20H24N4O. The van der Waals surface area contributed by atoms with Gasteiger partial charge in [-0.3, -0.25) is 0 Å². The second-order valence-corrected chi connectivity index (χ2v) is 5.90. The first-order chi connectivity index (χ1) is 12.2. The van der Waals surface area contributed by atoms with Crippen LogP contribution in [0, 0.1) is 0 Å². The van der Waals surface area contributed by atoms with E-state index in [0.717, 1.165) is 37.2 Å². The van der Waals surface area contributed by atoms with Crippen LogP contribution < -0.4 is 0 Å². The number of hydrogen-bond acceptors (Lipinski definition) is 4. The highest BCUT2D eigenvalue weighted by atomic mass is 16.3. The van der Waals surface area contributed by atoms with Gasteiger partial charge in [0.15, 0.2) is 0 Å². The highest BCUT2D eigenvalue weighted by molar-refractivity contribution is 5.86. The third kappa shape index (κ3) is 3.88. The SMILES string of the molecule is CCN(CC)CCn1c(/N=C/c2ccccc2O)nc2ccccc21. The van der Waals surface area contributed by atoms with Gasteiger partial charge in [0.05, 0.1) is 11.0 Å². The number of aliphatic imine (C=N–C) groups is 1. The predicted molar refractivity (Wildman–Crippen MR) is 103 cm³/mol. The van der Waals surface area contributed by atoms with Gasteiger partial charge in [0.1, 0.15) is 5.75 Å². The van der Waals surface area contributed by atoms with Gasteiger partial charge in [0.2, 0.25) is 5.95 Å². The lowest BCUT2D eigenvalue weighted by Crippen LogP contribution is -2.26. The zero-order valence-corrected chi connectivity index (χ0v) is 14.8. The summed E-state index contributed by atoms with van der Waals surface area (Å²) in [6.45, 7) is 8.18. The second-order valence-electron chi connectivity index (χ2n) is 5.90.